The van der Waals surface area contributed by atoms with Crippen molar-refractivity contribution in [3.63, 3.8) is 0 Å². The second-order valence-corrected chi connectivity index (χ2v) is 7.24. The van der Waals surface area contributed by atoms with Crippen molar-refractivity contribution >= 4 is 11.8 Å². The van der Waals surface area contributed by atoms with Gasteiger partial charge in [-0.15, -0.1) is 0 Å². The van der Waals surface area contributed by atoms with E-state index in [1.807, 2.05) is 11.8 Å². The van der Waals surface area contributed by atoms with Gasteiger partial charge in [-0.05, 0) is 31.4 Å². The largest absolute Gasteiger partial charge is 0.488 e. The van der Waals surface area contributed by atoms with E-state index in [2.05, 4.69) is 5.32 Å². The molecule has 3 rings (SSSR count). The van der Waals surface area contributed by atoms with E-state index in [1.165, 1.54) is 6.07 Å². The fraction of sp³-hybridized carbons (Fsp3) is 0.600. The number of amides is 2. The van der Waals surface area contributed by atoms with Crippen LogP contribution in [0.1, 0.15) is 45.4 Å². The minimum Gasteiger partial charge on any atom is -0.488 e. The number of ether oxygens (including phenoxy) is 1. The summed E-state index contributed by atoms with van der Waals surface area (Å²) in [6, 6.07) is 6.33. The zero-order valence-corrected chi connectivity index (χ0v) is 15.2. The normalized spacial score (nSPS) is 21.8. The smallest absolute Gasteiger partial charge is 0.225 e. The Bertz CT molecular complexity index is 646. The van der Waals surface area contributed by atoms with Crippen molar-refractivity contribution in [1.29, 1.82) is 0 Å². The monoisotopic (exact) mass is 362 g/mol. The summed E-state index contributed by atoms with van der Waals surface area (Å²) in [7, 11) is 0. The third-order valence-corrected chi connectivity index (χ3v) is 5.41. The predicted molar refractivity (Wildman–Crippen MR) is 96.2 cm³/mol. The topological polar surface area (TPSA) is 58.6 Å². The number of likely N-dealkylation sites (tertiary alicyclic amines) is 1. The van der Waals surface area contributed by atoms with Crippen LogP contribution in [0.15, 0.2) is 24.3 Å². The molecular weight excluding hydrogens is 335 g/mol. The van der Waals surface area contributed by atoms with Crippen molar-refractivity contribution in [1.82, 2.24) is 10.2 Å². The van der Waals surface area contributed by atoms with E-state index in [-0.39, 0.29) is 42.6 Å². The summed E-state index contributed by atoms with van der Waals surface area (Å²) < 4.78 is 19.1. The molecule has 0 radical (unpaired) electrons. The maximum absolute atomic E-state index is 13.6. The van der Waals surface area contributed by atoms with Crippen molar-refractivity contribution in [3.8, 4) is 5.75 Å². The highest BCUT2D eigenvalue weighted by Crippen LogP contribution is 2.29. The van der Waals surface area contributed by atoms with Crippen molar-refractivity contribution in [2.24, 2.45) is 5.92 Å². The first-order valence-electron chi connectivity index (χ1n) is 9.55. The molecule has 1 saturated carbocycles. The first-order chi connectivity index (χ1) is 12.6. The summed E-state index contributed by atoms with van der Waals surface area (Å²) in [4.78, 5) is 26.7. The molecule has 0 spiro atoms. The van der Waals surface area contributed by atoms with E-state index in [9.17, 15) is 14.0 Å². The summed E-state index contributed by atoms with van der Waals surface area (Å²) in [6.45, 7) is 2.66. The molecule has 26 heavy (non-hydrogen) atoms. The van der Waals surface area contributed by atoms with Crippen LogP contribution in [0.3, 0.4) is 0 Å². The first-order valence-corrected chi connectivity index (χ1v) is 9.55. The highest BCUT2D eigenvalue weighted by molar-refractivity contribution is 5.89. The van der Waals surface area contributed by atoms with Gasteiger partial charge < -0.3 is 15.0 Å². The highest BCUT2D eigenvalue weighted by Gasteiger charge is 2.38. The second-order valence-electron chi connectivity index (χ2n) is 7.24. The van der Waals surface area contributed by atoms with Crippen LogP contribution in [-0.4, -0.2) is 41.9 Å². The molecule has 0 aromatic heterocycles. The molecule has 1 saturated heterocycles. The zero-order chi connectivity index (χ0) is 18.5. The standard InChI is InChI=1S/C20H27FN2O3/c1-2-15(13-26-18-10-6-5-9-17(18)21)22-20(25)14-11-19(24)23(12-14)16-7-3-4-8-16/h5-6,9-10,14-16H,2-4,7-8,11-13H2,1H3,(H,22,25). The molecule has 1 N–H and O–H groups in total. The van der Waals surface area contributed by atoms with Gasteiger partial charge >= 0.3 is 0 Å². The van der Waals surface area contributed by atoms with E-state index in [0.717, 1.165) is 25.7 Å². The van der Waals surface area contributed by atoms with E-state index < -0.39 is 5.82 Å². The van der Waals surface area contributed by atoms with Crippen LogP contribution in [0.25, 0.3) is 0 Å². The summed E-state index contributed by atoms with van der Waals surface area (Å²) in [5.74, 6) is -0.549. The van der Waals surface area contributed by atoms with Crippen molar-refractivity contribution in [2.75, 3.05) is 13.2 Å². The van der Waals surface area contributed by atoms with Crippen LogP contribution in [0.4, 0.5) is 4.39 Å². The van der Waals surface area contributed by atoms with Gasteiger partial charge in [-0.2, -0.15) is 0 Å². The van der Waals surface area contributed by atoms with E-state index in [1.54, 1.807) is 18.2 Å². The van der Waals surface area contributed by atoms with Gasteiger partial charge in [-0.25, -0.2) is 4.39 Å². The summed E-state index contributed by atoms with van der Waals surface area (Å²) in [5, 5.41) is 2.96. The summed E-state index contributed by atoms with van der Waals surface area (Å²) >= 11 is 0. The minimum atomic E-state index is -0.415. The average molecular weight is 362 g/mol. The number of hydrogen-bond acceptors (Lipinski definition) is 3. The molecule has 2 unspecified atom stereocenters. The van der Waals surface area contributed by atoms with E-state index in [4.69, 9.17) is 4.74 Å². The van der Waals surface area contributed by atoms with E-state index in [0.29, 0.717) is 19.0 Å². The molecule has 2 amide bonds. The van der Waals surface area contributed by atoms with Gasteiger partial charge in [-0.3, -0.25) is 9.59 Å². The van der Waals surface area contributed by atoms with Crippen molar-refractivity contribution in [3.05, 3.63) is 30.1 Å². The van der Waals surface area contributed by atoms with Crippen LogP contribution in [0, 0.1) is 11.7 Å². The molecular formula is C20H27FN2O3. The number of halogens is 1. The number of nitrogens with zero attached hydrogens (tertiary/aromatic N) is 1. The van der Waals surface area contributed by atoms with Crippen LogP contribution < -0.4 is 10.1 Å². The lowest BCUT2D eigenvalue weighted by Crippen LogP contribution is -2.43. The zero-order valence-electron chi connectivity index (χ0n) is 15.2. The summed E-state index contributed by atoms with van der Waals surface area (Å²) in [6.07, 6.45) is 5.38. The predicted octanol–water partition coefficient (Wildman–Crippen LogP) is 2.89. The summed E-state index contributed by atoms with van der Waals surface area (Å²) in [5.41, 5.74) is 0. The third kappa shape index (κ3) is 4.34. The number of nitrogens with one attached hydrogen (secondary N) is 1. The second kappa shape index (κ2) is 8.52. The molecule has 1 aromatic rings. The Balaban J connectivity index is 1.51. The lowest BCUT2D eigenvalue weighted by molar-refractivity contribution is -0.130. The Kier molecular flexibility index (Phi) is 6.12. The van der Waals surface area contributed by atoms with Gasteiger partial charge in [0.25, 0.3) is 0 Å². The molecule has 1 heterocycles. The number of hydrogen-bond donors (Lipinski definition) is 1. The molecule has 5 nitrogen and oxygen atoms in total. The first kappa shape index (κ1) is 18.7. The van der Waals surface area contributed by atoms with Crippen LogP contribution in [-0.2, 0) is 9.59 Å². The number of para-hydroxylation sites is 1. The van der Waals surface area contributed by atoms with Gasteiger partial charge in [-0.1, -0.05) is 31.9 Å². The van der Waals surface area contributed by atoms with Crippen molar-refractivity contribution < 1.29 is 18.7 Å². The molecule has 0 bridgehead atoms. The van der Waals surface area contributed by atoms with Gasteiger partial charge in [0, 0.05) is 19.0 Å². The average Bonchev–Trinajstić information content (AvgIpc) is 3.29. The quantitative estimate of drug-likeness (QED) is 0.811. The van der Waals surface area contributed by atoms with Gasteiger partial charge in [0.1, 0.15) is 6.61 Å². The number of carbonyl (C=O) groups is 2. The maximum atomic E-state index is 13.6. The Hall–Kier alpha value is -2.11. The van der Waals surface area contributed by atoms with Crippen LogP contribution in [0.5, 0.6) is 5.75 Å². The lowest BCUT2D eigenvalue weighted by atomic mass is 10.1. The molecule has 2 fully saturated rings. The van der Waals surface area contributed by atoms with Gasteiger partial charge in [0.2, 0.25) is 11.8 Å². The molecule has 1 aromatic carbocycles. The Labute approximate surface area is 153 Å². The molecule has 2 aliphatic rings. The number of rotatable bonds is 7. The van der Waals surface area contributed by atoms with E-state index >= 15 is 0 Å². The fourth-order valence-corrected chi connectivity index (χ4v) is 3.81. The number of benzene rings is 1. The van der Waals surface area contributed by atoms with Crippen LogP contribution in [0.2, 0.25) is 0 Å². The van der Waals surface area contributed by atoms with Crippen molar-refractivity contribution in [2.45, 2.75) is 57.5 Å². The molecule has 6 heteroatoms. The van der Waals surface area contributed by atoms with Gasteiger partial charge in [0.05, 0.1) is 12.0 Å². The Morgan fingerprint density at radius 3 is 2.77 bits per heavy atom. The lowest BCUT2D eigenvalue weighted by Gasteiger charge is -2.24. The molecule has 1 aliphatic carbocycles. The highest BCUT2D eigenvalue weighted by atomic mass is 19.1. The third-order valence-electron chi connectivity index (χ3n) is 5.41. The molecule has 142 valence electrons. The fourth-order valence-electron chi connectivity index (χ4n) is 3.81. The Morgan fingerprint density at radius 1 is 1.35 bits per heavy atom. The molecule has 1 aliphatic heterocycles. The van der Waals surface area contributed by atoms with Crippen LogP contribution >= 0.6 is 0 Å². The number of carbonyl (C=O) groups excluding carboxylic acids is 2. The molecule has 2 atom stereocenters. The SMILES string of the molecule is CCC(COc1ccccc1F)NC(=O)C1CC(=O)N(C2CCCC2)C1. The Morgan fingerprint density at radius 2 is 2.08 bits per heavy atom. The minimum absolute atomic E-state index is 0.0905. The maximum Gasteiger partial charge on any atom is 0.225 e. The van der Waals surface area contributed by atoms with Gasteiger partial charge in [0.15, 0.2) is 11.6 Å².